The topological polar surface area (TPSA) is 38.5 Å². The molecular formula is C15H17FN2O. The van der Waals surface area contributed by atoms with Crippen molar-refractivity contribution in [3.05, 3.63) is 53.8 Å². The van der Waals surface area contributed by atoms with Gasteiger partial charge in [0.2, 0.25) is 0 Å². The van der Waals surface area contributed by atoms with E-state index < -0.39 is 0 Å². The third kappa shape index (κ3) is 3.37. The van der Waals surface area contributed by atoms with Crippen LogP contribution in [0.5, 0.6) is 5.75 Å². The van der Waals surface area contributed by atoms with Gasteiger partial charge in [0.15, 0.2) is 0 Å². The molecule has 3 nitrogen and oxygen atoms in total. The smallest absolute Gasteiger partial charge is 0.125 e. The van der Waals surface area contributed by atoms with Gasteiger partial charge in [0.1, 0.15) is 11.6 Å². The Morgan fingerprint density at radius 3 is 2.68 bits per heavy atom. The third-order valence-corrected chi connectivity index (χ3v) is 2.89. The van der Waals surface area contributed by atoms with E-state index in [4.69, 9.17) is 10.5 Å². The standard InChI is InChI=1S/C15H17FN2O/c1-18(14-5-3-4-12(16)8-14)10-11-6-13(17)9-15(7-11)19-2/h3-9H,10,17H2,1-2H3. The molecule has 0 saturated carbocycles. The van der Waals surface area contributed by atoms with Gasteiger partial charge in [-0.3, -0.25) is 0 Å². The summed E-state index contributed by atoms with van der Waals surface area (Å²) in [6.07, 6.45) is 0. The summed E-state index contributed by atoms with van der Waals surface area (Å²) >= 11 is 0. The van der Waals surface area contributed by atoms with Gasteiger partial charge in [0, 0.05) is 31.0 Å². The highest BCUT2D eigenvalue weighted by atomic mass is 19.1. The predicted octanol–water partition coefficient (Wildman–Crippen LogP) is 3.05. The van der Waals surface area contributed by atoms with Gasteiger partial charge in [-0.05, 0) is 35.9 Å². The van der Waals surface area contributed by atoms with Crippen LogP contribution in [0.25, 0.3) is 0 Å². The molecule has 0 atom stereocenters. The van der Waals surface area contributed by atoms with Crippen molar-refractivity contribution in [3.8, 4) is 5.75 Å². The number of hydrogen-bond acceptors (Lipinski definition) is 3. The Bertz CT molecular complexity index is 572. The number of halogens is 1. The Kier molecular flexibility index (Phi) is 3.90. The number of hydrogen-bond donors (Lipinski definition) is 1. The highest BCUT2D eigenvalue weighted by Gasteiger charge is 2.05. The largest absolute Gasteiger partial charge is 0.497 e. The van der Waals surface area contributed by atoms with Gasteiger partial charge < -0.3 is 15.4 Å². The van der Waals surface area contributed by atoms with Crippen LogP contribution in [0.3, 0.4) is 0 Å². The van der Waals surface area contributed by atoms with Crippen LogP contribution in [0.1, 0.15) is 5.56 Å². The quantitative estimate of drug-likeness (QED) is 0.859. The van der Waals surface area contributed by atoms with Gasteiger partial charge in [0.05, 0.1) is 7.11 Å². The van der Waals surface area contributed by atoms with E-state index in [9.17, 15) is 4.39 Å². The Labute approximate surface area is 112 Å². The third-order valence-electron chi connectivity index (χ3n) is 2.89. The molecule has 0 heterocycles. The summed E-state index contributed by atoms with van der Waals surface area (Å²) < 4.78 is 18.4. The van der Waals surface area contributed by atoms with E-state index in [1.165, 1.54) is 12.1 Å². The molecule has 19 heavy (non-hydrogen) atoms. The second-order valence-electron chi connectivity index (χ2n) is 4.45. The Hall–Kier alpha value is -2.23. The van der Waals surface area contributed by atoms with Crippen LogP contribution in [0.15, 0.2) is 42.5 Å². The van der Waals surface area contributed by atoms with E-state index in [1.54, 1.807) is 19.2 Å². The number of anilines is 2. The molecule has 4 heteroatoms. The van der Waals surface area contributed by atoms with E-state index >= 15 is 0 Å². The van der Waals surface area contributed by atoms with E-state index in [-0.39, 0.29) is 5.82 Å². The molecule has 0 aromatic heterocycles. The van der Waals surface area contributed by atoms with Crippen molar-refractivity contribution >= 4 is 11.4 Å². The zero-order valence-electron chi connectivity index (χ0n) is 11.1. The summed E-state index contributed by atoms with van der Waals surface area (Å²) in [5, 5.41) is 0. The lowest BCUT2D eigenvalue weighted by molar-refractivity contribution is 0.414. The van der Waals surface area contributed by atoms with Crippen LogP contribution in [0, 0.1) is 5.82 Å². The average Bonchev–Trinajstić information content (AvgIpc) is 2.38. The molecule has 2 aromatic carbocycles. The number of nitrogens with two attached hydrogens (primary N) is 1. The van der Waals surface area contributed by atoms with Crippen molar-refractivity contribution in [1.29, 1.82) is 0 Å². The summed E-state index contributed by atoms with van der Waals surface area (Å²) in [7, 11) is 3.51. The van der Waals surface area contributed by atoms with Gasteiger partial charge >= 0.3 is 0 Å². The van der Waals surface area contributed by atoms with Crippen molar-refractivity contribution < 1.29 is 9.13 Å². The molecule has 0 aliphatic heterocycles. The molecule has 0 aliphatic carbocycles. The molecule has 2 aromatic rings. The fraction of sp³-hybridized carbons (Fsp3) is 0.200. The Morgan fingerprint density at radius 2 is 2.00 bits per heavy atom. The first kappa shape index (κ1) is 13.2. The van der Waals surface area contributed by atoms with Crippen molar-refractivity contribution in [3.63, 3.8) is 0 Å². The first-order valence-corrected chi connectivity index (χ1v) is 5.98. The van der Waals surface area contributed by atoms with E-state index in [0.29, 0.717) is 12.2 Å². The maximum Gasteiger partial charge on any atom is 0.125 e. The molecule has 0 fully saturated rings. The molecule has 2 rings (SSSR count). The lowest BCUT2D eigenvalue weighted by Crippen LogP contribution is -2.16. The van der Waals surface area contributed by atoms with E-state index in [1.807, 2.05) is 30.1 Å². The van der Waals surface area contributed by atoms with Crippen molar-refractivity contribution in [2.75, 3.05) is 24.8 Å². The number of benzene rings is 2. The average molecular weight is 260 g/mol. The summed E-state index contributed by atoms with van der Waals surface area (Å²) in [5.41, 5.74) is 8.31. The Balaban J connectivity index is 2.18. The normalized spacial score (nSPS) is 10.3. The molecule has 0 bridgehead atoms. The Morgan fingerprint density at radius 1 is 1.21 bits per heavy atom. The zero-order chi connectivity index (χ0) is 13.8. The van der Waals surface area contributed by atoms with Crippen LogP contribution >= 0.6 is 0 Å². The number of rotatable bonds is 4. The summed E-state index contributed by atoms with van der Waals surface area (Å²) in [4.78, 5) is 1.96. The predicted molar refractivity (Wildman–Crippen MR) is 75.9 cm³/mol. The van der Waals surface area contributed by atoms with Crippen molar-refractivity contribution in [2.24, 2.45) is 0 Å². The molecular weight excluding hydrogens is 243 g/mol. The fourth-order valence-corrected chi connectivity index (χ4v) is 1.97. The minimum atomic E-state index is -0.241. The highest BCUT2D eigenvalue weighted by Crippen LogP contribution is 2.22. The van der Waals surface area contributed by atoms with Gasteiger partial charge in [-0.1, -0.05) is 6.07 Å². The number of ether oxygens (including phenoxy) is 1. The van der Waals surface area contributed by atoms with Crippen LogP contribution in [-0.2, 0) is 6.54 Å². The fourth-order valence-electron chi connectivity index (χ4n) is 1.97. The lowest BCUT2D eigenvalue weighted by atomic mass is 10.1. The van der Waals surface area contributed by atoms with Crippen molar-refractivity contribution in [1.82, 2.24) is 0 Å². The number of nitrogens with zero attached hydrogens (tertiary/aromatic N) is 1. The molecule has 0 saturated heterocycles. The van der Waals surface area contributed by atoms with Gasteiger partial charge in [-0.2, -0.15) is 0 Å². The molecule has 0 unspecified atom stereocenters. The van der Waals surface area contributed by atoms with Gasteiger partial charge in [-0.25, -0.2) is 4.39 Å². The summed E-state index contributed by atoms with van der Waals surface area (Å²) in [6.45, 7) is 0.630. The summed E-state index contributed by atoms with van der Waals surface area (Å²) in [6, 6.07) is 12.1. The molecule has 0 radical (unpaired) electrons. The van der Waals surface area contributed by atoms with Crippen LogP contribution < -0.4 is 15.4 Å². The molecule has 100 valence electrons. The first-order chi connectivity index (χ1) is 9.08. The zero-order valence-corrected chi connectivity index (χ0v) is 11.1. The molecule has 2 N–H and O–H groups in total. The molecule has 0 spiro atoms. The van der Waals surface area contributed by atoms with Crippen LogP contribution in [0.4, 0.5) is 15.8 Å². The van der Waals surface area contributed by atoms with Crippen LogP contribution in [0.2, 0.25) is 0 Å². The van der Waals surface area contributed by atoms with E-state index in [0.717, 1.165) is 17.0 Å². The van der Waals surface area contributed by atoms with Gasteiger partial charge in [0.25, 0.3) is 0 Å². The minimum Gasteiger partial charge on any atom is -0.497 e. The minimum absolute atomic E-state index is 0.241. The second-order valence-corrected chi connectivity index (χ2v) is 4.45. The number of nitrogen functional groups attached to an aromatic ring is 1. The first-order valence-electron chi connectivity index (χ1n) is 5.98. The maximum absolute atomic E-state index is 13.2. The maximum atomic E-state index is 13.2. The summed E-state index contributed by atoms with van der Waals surface area (Å²) in [5.74, 6) is 0.483. The van der Waals surface area contributed by atoms with Gasteiger partial charge in [-0.15, -0.1) is 0 Å². The van der Waals surface area contributed by atoms with Crippen molar-refractivity contribution in [2.45, 2.75) is 6.54 Å². The SMILES string of the molecule is COc1cc(N)cc(CN(C)c2cccc(F)c2)c1. The van der Waals surface area contributed by atoms with E-state index in [2.05, 4.69) is 0 Å². The highest BCUT2D eigenvalue weighted by molar-refractivity contribution is 5.50. The van der Waals surface area contributed by atoms with Crippen LogP contribution in [-0.4, -0.2) is 14.2 Å². The second kappa shape index (κ2) is 5.61. The number of methoxy groups -OCH3 is 1. The molecule has 0 aliphatic rings. The lowest BCUT2D eigenvalue weighted by Gasteiger charge is -2.20. The monoisotopic (exact) mass is 260 g/mol. The molecule has 0 amide bonds.